The molecule has 0 spiro atoms. The molecule has 2 N–H and O–H groups in total. The van der Waals surface area contributed by atoms with Crippen molar-refractivity contribution in [1.82, 2.24) is 0 Å². The van der Waals surface area contributed by atoms with Crippen LogP contribution in [0, 0.1) is 0 Å². The zero-order chi connectivity index (χ0) is 18.5. The van der Waals surface area contributed by atoms with Gasteiger partial charge in [-0.3, -0.25) is 9.11 Å². The van der Waals surface area contributed by atoms with Crippen molar-refractivity contribution < 1.29 is 25.9 Å². The van der Waals surface area contributed by atoms with Gasteiger partial charge in [0.1, 0.15) is 0 Å². The van der Waals surface area contributed by atoms with Crippen LogP contribution >= 0.6 is 7.92 Å². The van der Waals surface area contributed by atoms with Gasteiger partial charge in [-0.2, -0.15) is 16.8 Å². The zero-order valence-corrected chi connectivity index (χ0v) is 17.2. The van der Waals surface area contributed by atoms with Crippen molar-refractivity contribution in [1.29, 1.82) is 0 Å². The summed E-state index contributed by atoms with van der Waals surface area (Å²) in [5, 5.41) is 0. The number of hydrogen-bond acceptors (Lipinski definition) is 4. The van der Waals surface area contributed by atoms with Crippen LogP contribution in [0.5, 0.6) is 0 Å². The minimum Gasteiger partial charge on any atom is -0.286 e. The number of hydrogen-bond donors (Lipinski definition) is 2. The van der Waals surface area contributed by atoms with Crippen LogP contribution in [0.15, 0.2) is 0 Å². The molecule has 9 heteroatoms. The van der Waals surface area contributed by atoms with Crippen LogP contribution < -0.4 is 0 Å². The molecule has 0 radical (unpaired) electrons. The second-order valence-corrected chi connectivity index (χ2v) is 12.1. The van der Waals surface area contributed by atoms with E-state index in [9.17, 15) is 16.8 Å². The van der Waals surface area contributed by atoms with Gasteiger partial charge in [-0.1, -0.05) is 39.0 Å². The second kappa shape index (κ2) is 13.5. The fourth-order valence-corrected chi connectivity index (χ4v) is 6.38. The van der Waals surface area contributed by atoms with Gasteiger partial charge in [0.15, 0.2) is 0 Å². The smallest absolute Gasteiger partial charge is 0.264 e. The summed E-state index contributed by atoms with van der Waals surface area (Å²) < 4.78 is 59.8. The van der Waals surface area contributed by atoms with Crippen LogP contribution in [-0.2, 0) is 20.2 Å². The summed E-state index contributed by atoms with van der Waals surface area (Å²) in [5.74, 6) is -0.277. The van der Waals surface area contributed by atoms with Crippen molar-refractivity contribution in [3.05, 3.63) is 0 Å². The Morgan fingerprint density at radius 3 is 1.33 bits per heavy atom. The average Bonchev–Trinajstić information content (AvgIpc) is 2.43. The lowest BCUT2D eigenvalue weighted by atomic mass is 10.2. The molecule has 0 bridgehead atoms. The Labute approximate surface area is 149 Å². The first-order chi connectivity index (χ1) is 11.1. The van der Waals surface area contributed by atoms with Gasteiger partial charge >= 0.3 is 0 Å². The maximum atomic E-state index is 10.6. The highest BCUT2D eigenvalue weighted by molar-refractivity contribution is 7.86. The van der Waals surface area contributed by atoms with E-state index in [1.165, 1.54) is 24.9 Å². The molecular weight excluding hydrogens is 371 g/mol. The van der Waals surface area contributed by atoms with Crippen LogP contribution in [-0.4, -0.2) is 55.9 Å². The van der Waals surface area contributed by atoms with Crippen LogP contribution in [0.1, 0.15) is 64.7 Å². The largest absolute Gasteiger partial charge is 0.286 e. The molecule has 0 aromatic rings. The molecule has 0 aromatic carbocycles. The minimum atomic E-state index is -3.81. The van der Waals surface area contributed by atoms with Crippen LogP contribution in [0.2, 0.25) is 0 Å². The van der Waals surface area contributed by atoms with Gasteiger partial charge in [0.25, 0.3) is 20.2 Å². The second-order valence-electron chi connectivity index (χ2n) is 6.24. The monoisotopic (exact) mass is 404 g/mol. The Hall–Kier alpha value is 0.250. The molecule has 0 saturated carbocycles. The van der Waals surface area contributed by atoms with Crippen LogP contribution in [0.25, 0.3) is 0 Å². The van der Waals surface area contributed by atoms with Gasteiger partial charge in [0, 0.05) is 0 Å². The summed E-state index contributed by atoms with van der Waals surface area (Å²) in [7, 11) is -7.61. The van der Waals surface area contributed by atoms with E-state index in [-0.39, 0.29) is 19.4 Å². The predicted molar refractivity (Wildman–Crippen MR) is 102 cm³/mol. The number of unbranched alkanes of at least 4 members (excludes halogenated alkanes) is 6. The van der Waals surface area contributed by atoms with E-state index in [2.05, 4.69) is 6.92 Å². The molecule has 0 saturated heterocycles. The lowest BCUT2D eigenvalue weighted by molar-refractivity contribution is 0.477. The molecule has 0 rings (SSSR count). The Balaban J connectivity index is 3.70. The van der Waals surface area contributed by atoms with Crippen molar-refractivity contribution in [2.75, 3.05) is 30.0 Å². The van der Waals surface area contributed by atoms with Gasteiger partial charge in [-0.05, 0) is 44.2 Å². The third-order valence-electron chi connectivity index (χ3n) is 3.79. The highest BCUT2D eigenvalue weighted by atomic mass is 32.2. The summed E-state index contributed by atoms with van der Waals surface area (Å²) in [6, 6.07) is 0. The Kier molecular flexibility index (Phi) is 13.6. The molecule has 0 aromatic heterocycles. The van der Waals surface area contributed by atoms with Crippen molar-refractivity contribution in [2.24, 2.45) is 0 Å². The normalized spacial score (nSPS) is 12.8. The van der Waals surface area contributed by atoms with Crippen molar-refractivity contribution in [3.63, 3.8) is 0 Å². The molecule has 24 heavy (non-hydrogen) atoms. The summed E-state index contributed by atoms with van der Waals surface area (Å²) in [6.07, 6.45) is 11.8. The number of rotatable bonds is 16. The fraction of sp³-hybridized carbons (Fsp3) is 1.00. The third kappa shape index (κ3) is 18.6. The molecule has 0 heterocycles. The topological polar surface area (TPSA) is 109 Å². The van der Waals surface area contributed by atoms with E-state index < -0.39 is 20.2 Å². The van der Waals surface area contributed by atoms with Gasteiger partial charge in [-0.25, -0.2) is 0 Å². The molecule has 0 aliphatic carbocycles. The van der Waals surface area contributed by atoms with Gasteiger partial charge in [0.2, 0.25) is 0 Å². The molecule has 146 valence electrons. The van der Waals surface area contributed by atoms with Crippen molar-refractivity contribution in [2.45, 2.75) is 64.7 Å². The summed E-state index contributed by atoms with van der Waals surface area (Å²) in [4.78, 5) is 0. The van der Waals surface area contributed by atoms with E-state index >= 15 is 0 Å². The van der Waals surface area contributed by atoms with E-state index in [1.54, 1.807) is 0 Å². The van der Waals surface area contributed by atoms with E-state index in [0.717, 1.165) is 38.5 Å². The molecule has 0 atom stereocenters. The highest BCUT2D eigenvalue weighted by Crippen LogP contribution is 2.38. The highest BCUT2D eigenvalue weighted by Gasteiger charge is 2.08. The predicted octanol–water partition coefficient (Wildman–Crippen LogP) is 3.77. The Bertz CT molecular complexity index is 460. The molecular formula is C15H33O6PS2. The molecule has 0 aliphatic rings. The Morgan fingerprint density at radius 2 is 1.00 bits per heavy atom. The third-order valence-corrected chi connectivity index (χ3v) is 8.38. The maximum absolute atomic E-state index is 10.6. The maximum Gasteiger partial charge on any atom is 0.264 e. The first-order valence-corrected chi connectivity index (χ1v) is 13.9. The van der Waals surface area contributed by atoms with E-state index in [0.29, 0.717) is 12.8 Å². The SMILES string of the molecule is CCCP(CCCCCCS(=O)(=O)O)CCCCCCS(=O)(=O)O. The summed E-state index contributed by atoms with van der Waals surface area (Å²) in [6.45, 7) is 2.19. The van der Waals surface area contributed by atoms with E-state index in [1.807, 2.05) is 0 Å². The fourth-order valence-electron chi connectivity index (χ4n) is 2.60. The standard InChI is InChI=1S/C15H33O6PS2/c1-2-11-22(12-7-3-5-9-14-23(16,17)18)13-8-4-6-10-15-24(19,20)21/h2-15H2,1H3,(H,16,17,18)(H,19,20,21). The van der Waals surface area contributed by atoms with Crippen molar-refractivity contribution >= 4 is 28.2 Å². The van der Waals surface area contributed by atoms with Gasteiger partial charge in [0.05, 0.1) is 11.5 Å². The average molecular weight is 405 g/mol. The molecule has 0 amide bonds. The molecule has 6 nitrogen and oxygen atoms in total. The Morgan fingerprint density at radius 1 is 0.625 bits per heavy atom. The van der Waals surface area contributed by atoms with Crippen LogP contribution in [0.3, 0.4) is 0 Å². The first-order valence-electron chi connectivity index (χ1n) is 8.76. The summed E-state index contributed by atoms with van der Waals surface area (Å²) in [5.41, 5.74) is 0. The quantitative estimate of drug-likeness (QED) is 0.230. The first kappa shape index (κ1) is 24.2. The van der Waals surface area contributed by atoms with Gasteiger partial charge in [-0.15, -0.1) is 7.92 Å². The lowest BCUT2D eigenvalue weighted by Gasteiger charge is -2.17. The molecule has 0 unspecified atom stereocenters. The minimum absolute atomic E-state index is 0.0171. The summed E-state index contributed by atoms with van der Waals surface area (Å²) >= 11 is 0. The molecule has 0 aliphatic heterocycles. The van der Waals surface area contributed by atoms with Crippen molar-refractivity contribution in [3.8, 4) is 0 Å². The molecule has 0 fully saturated rings. The van der Waals surface area contributed by atoms with E-state index in [4.69, 9.17) is 9.11 Å². The van der Waals surface area contributed by atoms with Gasteiger partial charge < -0.3 is 0 Å². The van der Waals surface area contributed by atoms with Crippen LogP contribution in [0.4, 0.5) is 0 Å². The zero-order valence-electron chi connectivity index (χ0n) is 14.7. The lowest BCUT2D eigenvalue weighted by Crippen LogP contribution is -2.04.